The van der Waals surface area contributed by atoms with Gasteiger partial charge in [0.2, 0.25) is 0 Å². The Kier molecular flexibility index (Phi) is 5.86. The maximum atomic E-state index is 12.0. The van der Waals surface area contributed by atoms with Crippen molar-refractivity contribution in [1.29, 1.82) is 0 Å². The lowest BCUT2D eigenvalue weighted by Crippen LogP contribution is -2.36. The smallest absolute Gasteiger partial charge is 0.321 e. The molecular weight excluding hydrogens is 424 g/mol. The van der Waals surface area contributed by atoms with Gasteiger partial charge in [0, 0.05) is 36.3 Å². The average Bonchev–Trinajstić information content (AvgIpc) is 3.20. The van der Waals surface area contributed by atoms with Gasteiger partial charge in [-0.05, 0) is 50.1 Å². The first kappa shape index (κ1) is 21.8. The van der Waals surface area contributed by atoms with Gasteiger partial charge in [-0.2, -0.15) is 0 Å². The van der Waals surface area contributed by atoms with Crippen molar-refractivity contribution >= 4 is 32.7 Å². The third kappa shape index (κ3) is 4.30. The second-order valence-electron chi connectivity index (χ2n) is 7.93. The van der Waals surface area contributed by atoms with Gasteiger partial charge >= 0.3 is 6.03 Å². The van der Waals surface area contributed by atoms with Gasteiger partial charge in [-0.25, -0.2) is 19.7 Å². The van der Waals surface area contributed by atoms with Gasteiger partial charge in [-0.15, -0.1) is 0 Å². The van der Waals surface area contributed by atoms with Crippen molar-refractivity contribution in [1.82, 2.24) is 19.9 Å². The number of carbonyl (C=O) groups excluding carboxylic acids is 1. The molecule has 0 unspecified atom stereocenters. The molecule has 3 aromatic heterocycles. The zero-order valence-corrected chi connectivity index (χ0v) is 18.9. The summed E-state index contributed by atoms with van der Waals surface area (Å²) >= 11 is 1.41. The van der Waals surface area contributed by atoms with Crippen molar-refractivity contribution in [2.24, 2.45) is 5.73 Å². The lowest BCUT2D eigenvalue weighted by atomic mass is 10.0. The molecule has 9 heteroatoms. The number of benzene rings is 1. The van der Waals surface area contributed by atoms with Crippen LogP contribution in [-0.2, 0) is 5.60 Å². The van der Waals surface area contributed by atoms with Gasteiger partial charge in [-0.1, -0.05) is 24.3 Å². The summed E-state index contributed by atoms with van der Waals surface area (Å²) in [6.07, 6.45) is 5.87. The zero-order chi connectivity index (χ0) is 22.9. The maximum absolute atomic E-state index is 12.0. The number of anilines is 1. The van der Waals surface area contributed by atoms with E-state index in [1.807, 2.05) is 37.3 Å². The Morgan fingerprint density at radius 1 is 1.16 bits per heavy atom. The number of aromatic nitrogens is 4. The highest BCUT2D eigenvalue weighted by molar-refractivity contribution is 7.23. The van der Waals surface area contributed by atoms with Gasteiger partial charge in [0.15, 0.2) is 11.0 Å². The fraction of sp³-hybridized carbons (Fsp3) is 0.261. The van der Waals surface area contributed by atoms with E-state index in [4.69, 9.17) is 10.7 Å². The molecular formula is C23H24N6O2S. The Hall–Kier alpha value is -3.43. The van der Waals surface area contributed by atoms with E-state index in [0.717, 1.165) is 39.0 Å². The van der Waals surface area contributed by atoms with Crippen LogP contribution in [0, 0.1) is 0 Å². The molecule has 0 saturated heterocycles. The van der Waals surface area contributed by atoms with E-state index in [2.05, 4.69) is 15.0 Å². The Bertz CT molecular complexity index is 1250. The first-order chi connectivity index (χ1) is 15.3. The minimum absolute atomic E-state index is 0.347. The molecule has 0 aliphatic carbocycles. The van der Waals surface area contributed by atoms with Crippen molar-refractivity contribution in [2.45, 2.75) is 32.8 Å². The highest BCUT2D eigenvalue weighted by Gasteiger charge is 2.21. The summed E-state index contributed by atoms with van der Waals surface area (Å²) < 4.78 is 0.916. The van der Waals surface area contributed by atoms with Gasteiger partial charge in [-0.3, -0.25) is 9.88 Å². The summed E-state index contributed by atoms with van der Waals surface area (Å²) in [5.41, 5.74) is 8.55. The molecule has 164 valence electrons. The van der Waals surface area contributed by atoms with E-state index in [0.29, 0.717) is 17.5 Å². The molecule has 0 aliphatic heterocycles. The summed E-state index contributed by atoms with van der Waals surface area (Å²) in [7, 11) is 0. The minimum atomic E-state index is -1.12. The molecule has 3 N–H and O–H groups in total. The molecule has 0 atom stereocenters. The van der Waals surface area contributed by atoms with Crippen LogP contribution >= 0.6 is 11.3 Å². The second kappa shape index (κ2) is 8.60. The highest BCUT2D eigenvalue weighted by atomic mass is 32.1. The van der Waals surface area contributed by atoms with E-state index >= 15 is 0 Å². The summed E-state index contributed by atoms with van der Waals surface area (Å²) in [5.74, 6) is 0.347. The topological polar surface area (TPSA) is 118 Å². The van der Waals surface area contributed by atoms with Crippen LogP contribution < -0.4 is 10.6 Å². The van der Waals surface area contributed by atoms with Crippen molar-refractivity contribution in [3.05, 3.63) is 54.7 Å². The number of fused-ring (bicyclic) bond motifs is 1. The lowest BCUT2D eigenvalue weighted by Gasteiger charge is -2.15. The number of thiazole rings is 1. The molecule has 3 heterocycles. The van der Waals surface area contributed by atoms with Crippen LogP contribution in [0.5, 0.6) is 0 Å². The number of aliphatic hydroxyl groups is 1. The molecule has 8 nitrogen and oxygen atoms in total. The number of primary amides is 1. The van der Waals surface area contributed by atoms with E-state index in [9.17, 15) is 9.90 Å². The first-order valence-electron chi connectivity index (χ1n) is 10.3. The number of hydrogen-bond acceptors (Lipinski definition) is 7. The minimum Gasteiger partial charge on any atom is -0.382 e. The summed E-state index contributed by atoms with van der Waals surface area (Å²) in [6.45, 7) is 5.76. The average molecular weight is 449 g/mol. The van der Waals surface area contributed by atoms with E-state index in [1.165, 1.54) is 16.2 Å². The van der Waals surface area contributed by atoms with E-state index < -0.39 is 11.6 Å². The maximum Gasteiger partial charge on any atom is 0.321 e. The molecule has 2 amide bonds. The number of carbonyl (C=O) groups is 1. The predicted molar refractivity (Wildman–Crippen MR) is 126 cm³/mol. The fourth-order valence-electron chi connectivity index (χ4n) is 3.33. The van der Waals surface area contributed by atoms with E-state index in [1.54, 1.807) is 32.4 Å². The van der Waals surface area contributed by atoms with Gasteiger partial charge < -0.3 is 10.8 Å². The zero-order valence-electron chi connectivity index (χ0n) is 18.1. The number of pyridine rings is 1. The standard InChI is InChI=1S/C23H24N6O2S/c1-4-9-29(21(24)30)22-28-18-11-14(15-12-26-20(27-13-15)23(2,3)31)10-16(19(18)32-22)17-7-5-6-8-25-17/h5-8,10-13,31H,4,9H2,1-3H3,(H2,24,30). The highest BCUT2D eigenvalue weighted by Crippen LogP contribution is 2.39. The van der Waals surface area contributed by atoms with Gasteiger partial charge in [0.25, 0.3) is 0 Å². The molecule has 1 aromatic carbocycles. The number of nitrogens with two attached hydrogens (primary N) is 1. The van der Waals surface area contributed by atoms with Gasteiger partial charge in [0.1, 0.15) is 5.60 Å². The third-order valence-electron chi connectivity index (χ3n) is 4.90. The predicted octanol–water partition coefficient (Wildman–Crippen LogP) is 4.34. The molecule has 0 bridgehead atoms. The number of urea groups is 1. The molecule has 0 radical (unpaired) electrons. The van der Waals surface area contributed by atoms with Gasteiger partial charge in [0.05, 0.1) is 15.9 Å². The molecule has 0 spiro atoms. The quantitative estimate of drug-likeness (QED) is 0.453. The Morgan fingerprint density at radius 3 is 2.50 bits per heavy atom. The van der Waals surface area contributed by atoms with Crippen molar-refractivity contribution in [3.8, 4) is 22.4 Å². The van der Waals surface area contributed by atoms with Crippen molar-refractivity contribution < 1.29 is 9.90 Å². The summed E-state index contributed by atoms with van der Waals surface area (Å²) in [5, 5.41) is 10.7. The van der Waals surface area contributed by atoms with E-state index in [-0.39, 0.29) is 0 Å². The lowest BCUT2D eigenvalue weighted by molar-refractivity contribution is 0.0687. The molecule has 0 fully saturated rings. The van der Waals surface area contributed by atoms with Crippen LogP contribution in [0.3, 0.4) is 0 Å². The molecule has 4 aromatic rings. The number of rotatable bonds is 6. The largest absolute Gasteiger partial charge is 0.382 e. The summed E-state index contributed by atoms with van der Waals surface area (Å²) in [4.78, 5) is 31.4. The number of amides is 2. The number of hydrogen-bond donors (Lipinski definition) is 2. The molecule has 4 rings (SSSR count). The van der Waals surface area contributed by atoms with Crippen molar-refractivity contribution in [2.75, 3.05) is 11.4 Å². The van der Waals surface area contributed by atoms with Crippen LogP contribution in [0.15, 0.2) is 48.9 Å². The first-order valence-corrected chi connectivity index (χ1v) is 11.1. The van der Waals surface area contributed by atoms with Crippen LogP contribution in [0.1, 0.15) is 33.0 Å². The Labute approximate surface area is 189 Å². The Morgan fingerprint density at radius 2 is 1.91 bits per heavy atom. The monoisotopic (exact) mass is 448 g/mol. The summed E-state index contributed by atoms with van der Waals surface area (Å²) in [6, 6.07) is 9.16. The third-order valence-corrected chi connectivity index (χ3v) is 6.02. The number of nitrogens with zero attached hydrogens (tertiary/aromatic N) is 5. The second-order valence-corrected chi connectivity index (χ2v) is 8.91. The Balaban J connectivity index is 1.89. The fourth-order valence-corrected chi connectivity index (χ4v) is 4.43. The van der Waals surface area contributed by atoms with Crippen LogP contribution in [0.4, 0.5) is 9.93 Å². The SMILES string of the molecule is CCCN(C(N)=O)c1nc2cc(-c3cnc(C(C)(C)O)nc3)cc(-c3ccccn3)c2s1. The van der Waals surface area contributed by atoms with Crippen LogP contribution in [0.25, 0.3) is 32.6 Å². The van der Waals surface area contributed by atoms with Crippen molar-refractivity contribution in [3.63, 3.8) is 0 Å². The molecule has 0 aliphatic rings. The van der Waals surface area contributed by atoms with Crippen LogP contribution in [0.2, 0.25) is 0 Å². The molecule has 0 saturated carbocycles. The molecule has 32 heavy (non-hydrogen) atoms. The normalized spacial score (nSPS) is 11.6. The van der Waals surface area contributed by atoms with Crippen LogP contribution in [-0.4, -0.2) is 37.6 Å².